The highest BCUT2D eigenvalue weighted by molar-refractivity contribution is 7.99. The van der Waals surface area contributed by atoms with E-state index in [1.807, 2.05) is 25.1 Å². The largest absolute Gasteiger partial charge is 0.399 e. The molecule has 2 aromatic rings. The van der Waals surface area contributed by atoms with Crippen molar-refractivity contribution in [2.24, 2.45) is 5.16 Å². The molecular weight excluding hydrogens is 367 g/mol. The number of methoxy groups -OCH3 is 1. The van der Waals surface area contributed by atoms with Gasteiger partial charge in [-0.15, -0.1) is 0 Å². The molecule has 144 valence electrons. The highest BCUT2D eigenvalue weighted by Crippen LogP contribution is 2.38. The van der Waals surface area contributed by atoms with Crippen molar-refractivity contribution >= 4 is 17.5 Å². The number of hydrogen-bond donors (Lipinski definition) is 0. The fraction of sp³-hybridized carbons (Fsp3) is 0.400. The molecule has 1 saturated heterocycles. The van der Waals surface area contributed by atoms with E-state index in [1.165, 1.54) is 24.9 Å². The van der Waals surface area contributed by atoms with Crippen LogP contribution in [0.2, 0.25) is 0 Å². The average molecular weight is 390 g/mol. The van der Waals surface area contributed by atoms with E-state index >= 15 is 0 Å². The van der Waals surface area contributed by atoms with E-state index in [2.05, 4.69) is 10.1 Å². The Bertz CT molecular complexity index is 805. The van der Waals surface area contributed by atoms with Gasteiger partial charge in [0.2, 0.25) is 0 Å². The third-order valence-corrected chi connectivity index (χ3v) is 5.62. The zero-order valence-electron chi connectivity index (χ0n) is 15.7. The Hall–Kier alpha value is -1.96. The highest BCUT2D eigenvalue weighted by Gasteiger charge is 2.35. The third kappa shape index (κ3) is 4.66. The highest BCUT2D eigenvalue weighted by atomic mass is 32.2. The lowest BCUT2D eigenvalue weighted by atomic mass is 9.86. The lowest BCUT2D eigenvalue weighted by molar-refractivity contribution is -0.0950. The Kier molecular flexibility index (Phi) is 6.46. The van der Waals surface area contributed by atoms with Crippen LogP contribution in [0, 0.1) is 5.82 Å². The van der Waals surface area contributed by atoms with Gasteiger partial charge in [0.1, 0.15) is 18.0 Å². The van der Waals surface area contributed by atoms with Gasteiger partial charge in [0.15, 0.2) is 0 Å². The zero-order chi connectivity index (χ0) is 19.3. The average Bonchev–Trinajstić information content (AvgIpc) is 2.69. The van der Waals surface area contributed by atoms with Gasteiger partial charge in [-0.2, -0.15) is 0 Å². The Morgan fingerprint density at radius 3 is 2.63 bits per heavy atom. The van der Waals surface area contributed by atoms with E-state index < -0.39 is 5.60 Å². The van der Waals surface area contributed by atoms with Crippen LogP contribution < -0.4 is 0 Å². The van der Waals surface area contributed by atoms with Crippen LogP contribution >= 0.6 is 11.8 Å². The smallest absolute Gasteiger partial charge is 0.124 e. The van der Waals surface area contributed by atoms with Crippen molar-refractivity contribution in [3.63, 3.8) is 0 Å². The van der Waals surface area contributed by atoms with Crippen LogP contribution in [0.4, 0.5) is 4.39 Å². The summed E-state index contributed by atoms with van der Waals surface area (Å²) in [4.78, 5) is 10.0. The van der Waals surface area contributed by atoms with Crippen LogP contribution in [0.5, 0.6) is 0 Å². The minimum absolute atomic E-state index is 0.280. The van der Waals surface area contributed by atoms with Crippen LogP contribution in [0.15, 0.2) is 51.6 Å². The molecule has 0 atom stereocenters. The molecule has 27 heavy (non-hydrogen) atoms. The van der Waals surface area contributed by atoms with Crippen LogP contribution in [-0.2, 0) is 19.9 Å². The Morgan fingerprint density at radius 1 is 1.22 bits per heavy atom. The van der Waals surface area contributed by atoms with Crippen molar-refractivity contribution in [1.82, 2.24) is 4.98 Å². The molecule has 0 spiro atoms. The predicted octanol–water partition coefficient (Wildman–Crippen LogP) is 4.39. The maximum absolute atomic E-state index is 14.3. The molecule has 1 aliphatic rings. The standard InChI is InChI=1S/C20H23FN2O3S/c1-14(23-25-3)15-4-5-19(22-13-15)27-18-11-16(10-17(21)12-18)20(24-2)6-8-26-9-7-20/h4-5,10-13H,6-9H2,1-3H3. The first-order valence-electron chi connectivity index (χ1n) is 8.72. The molecule has 3 rings (SSSR count). The van der Waals surface area contributed by atoms with Crippen molar-refractivity contribution in [3.05, 3.63) is 53.5 Å². The third-order valence-electron chi connectivity index (χ3n) is 4.69. The maximum Gasteiger partial charge on any atom is 0.124 e. The number of ether oxygens (including phenoxy) is 2. The van der Waals surface area contributed by atoms with E-state index in [0.717, 1.165) is 26.8 Å². The molecule has 0 N–H and O–H groups in total. The normalized spacial score (nSPS) is 17.0. The van der Waals surface area contributed by atoms with Gasteiger partial charge >= 0.3 is 0 Å². The molecular formula is C20H23FN2O3S. The topological polar surface area (TPSA) is 52.9 Å². The molecule has 5 nitrogen and oxygen atoms in total. The number of oxime groups is 1. The molecule has 0 radical (unpaired) electrons. The summed E-state index contributed by atoms with van der Waals surface area (Å²) in [5.41, 5.74) is 1.97. The second-order valence-electron chi connectivity index (χ2n) is 6.33. The van der Waals surface area contributed by atoms with Crippen LogP contribution in [0.3, 0.4) is 0 Å². The number of pyridine rings is 1. The van der Waals surface area contributed by atoms with Crippen LogP contribution in [0.1, 0.15) is 30.9 Å². The molecule has 1 fully saturated rings. The fourth-order valence-corrected chi connectivity index (χ4v) is 4.00. The van der Waals surface area contributed by atoms with E-state index in [9.17, 15) is 4.39 Å². The van der Waals surface area contributed by atoms with Gasteiger partial charge in [-0.1, -0.05) is 16.9 Å². The number of rotatable bonds is 6. The van der Waals surface area contributed by atoms with Gasteiger partial charge in [0.05, 0.1) is 11.3 Å². The van der Waals surface area contributed by atoms with Gasteiger partial charge < -0.3 is 14.3 Å². The maximum atomic E-state index is 14.3. The Labute approximate surface area is 162 Å². The number of hydrogen-bond acceptors (Lipinski definition) is 6. The van der Waals surface area contributed by atoms with Crippen LogP contribution in [-0.4, -0.2) is 38.1 Å². The monoisotopic (exact) mass is 390 g/mol. The summed E-state index contributed by atoms with van der Waals surface area (Å²) < 4.78 is 25.5. The Balaban J connectivity index is 1.83. The van der Waals surface area contributed by atoms with Crippen molar-refractivity contribution < 1.29 is 18.7 Å². The van der Waals surface area contributed by atoms with Crippen molar-refractivity contribution in [1.29, 1.82) is 0 Å². The van der Waals surface area contributed by atoms with E-state index in [0.29, 0.717) is 26.1 Å². The molecule has 0 unspecified atom stereocenters. The van der Waals surface area contributed by atoms with E-state index in [1.54, 1.807) is 19.4 Å². The summed E-state index contributed by atoms with van der Waals surface area (Å²) >= 11 is 1.41. The first-order valence-corrected chi connectivity index (χ1v) is 9.54. The second kappa shape index (κ2) is 8.82. The fourth-order valence-electron chi connectivity index (χ4n) is 3.16. The molecule has 7 heteroatoms. The summed E-state index contributed by atoms with van der Waals surface area (Å²) in [6.45, 7) is 3.07. The first kappa shape index (κ1) is 19.8. The summed E-state index contributed by atoms with van der Waals surface area (Å²) in [5.74, 6) is -0.280. The minimum Gasteiger partial charge on any atom is -0.399 e. The summed E-state index contributed by atoms with van der Waals surface area (Å²) in [7, 11) is 3.18. The van der Waals surface area contributed by atoms with Gasteiger partial charge in [0.25, 0.3) is 0 Å². The van der Waals surface area contributed by atoms with Gasteiger partial charge in [-0.3, -0.25) is 0 Å². The quantitative estimate of drug-likeness (QED) is 0.541. The summed E-state index contributed by atoms with van der Waals surface area (Å²) in [6.07, 6.45) is 3.15. The number of benzene rings is 1. The summed E-state index contributed by atoms with van der Waals surface area (Å²) in [6, 6.07) is 8.86. The van der Waals surface area contributed by atoms with Gasteiger partial charge in [-0.05, 0) is 42.8 Å². The molecule has 0 bridgehead atoms. The van der Waals surface area contributed by atoms with Crippen molar-refractivity contribution in [2.75, 3.05) is 27.4 Å². The molecule has 1 aromatic heterocycles. The van der Waals surface area contributed by atoms with Crippen LogP contribution in [0.25, 0.3) is 0 Å². The predicted molar refractivity (Wildman–Crippen MR) is 103 cm³/mol. The zero-order valence-corrected chi connectivity index (χ0v) is 16.5. The number of aromatic nitrogens is 1. The molecule has 1 aromatic carbocycles. The SMILES string of the molecule is CON=C(C)c1ccc(Sc2cc(F)cc(C3(OC)CCOCC3)c2)nc1. The molecule has 0 saturated carbocycles. The lowest BCUT2D eigenvalue weighted by Crippen LogP contribution is -2.35. The molecule has 0 amide bonds. The lowest BCUT2D eigenvalue weighted by Gasteiger charge is -2.36. The van der Waals surface area contributed by atoms with Crippen molar-refractivity contribution in [2.45, 2.75) is 35.3 Å². The molecule has 1 aliphatic heterocycles. The Morgan fingerprint density at radius 2 is 2.00 bits per heavy atom. The van der Waals surface area contributed by atoms with E-state index in [-0.39, 0.29) is 5.82 Å². The van der Waals surface area contributed by atoms with Gasteiger partial charge in [0, 0.05) is 49.8 Å². The van der Waals surface area contributed by atoms with E-state index in [4.69, 9.17) is 14.3 Å². The molecule has 0 aliphatic carbocycles. The minimum atomic E-state index is -0.499. The first-order chi connectivity index (χ1) is 13.1. The molecule has 2 heterocycles. The number of nitrogens with zero attached hydrogens (tertiary/aromatic N) is 2. The summed E-state index contributed by atoms with van der Waals surface area (Å²) in [5, 5.41) is 4.67. The van der Waals surface area contributed by atoms with Crippen molar-refractivity contribution in [3.8, 4) is 0 Å². The van der Waals surface area contributed by atoms with Gasteiger partial charge in [-0.25, -0.2) is 9.37 Å². The number of halogens is 1. The second-order valence-corrected chi connectivity index (χ2v) is 7.43.